The number of rotatable bonds is 9. The van der Waals surface area contributed by atoms with E-state index in [0.29, 0.717) is 24.0 Å². The van der Waals surface area contributed by atoms with Gasteiger partial charge in [0.2, 0.25) is 0 Å². The molecular weight excluding hydrogens is 348 g/mol. The minimum atomic E-state index is -0.672. The number of unbranched alkanes of at least 4 members (excludes halogenated alkanes) is 1. The summed E-state index contributed by atoms with van der Waals surface area (Å²) in [5, 5.41) is 0. The molecule has 0 aliphatic carbocycles. The van der Waals surface area contributed by atoms with Crippen LogP contribution in [0.4, 0.5) is 0 Å². The molecule has 0 bridgehead atoms. The second kappa shape index (κ2) is 10.4. The number of hydrogen-bond donors (Lipinski definition) is 0. The van der Waals surface area contributed by atoms with Crippen LogP contribution in [0.1, 0.15) is 51.1 Å². The van der Waals surface area contributed by atoms with Gasteiger partial charge in [0.05, 0.1) is 11.1 Å². The number of hydrogen-bond acceptors (Lipinski definition) is 6. The van der Waals surface area contributed by atoms with Crippen molar-refractivity contribution in [2.24, 2.45) is 0 Å². The molecule has 6 heteroatoms. The molecule has 0 N–H and O–H groups in total. The predicted molar refractivity (Wildman–Crippen MR) is 97.8 cm³/mol. The molecule has 27 heavy (non-hydrogen) atoms. The summed E-state index contributed by atoms with van der Waals surface area (Å²) in [6.07, 6.45) is 1.32. The van der Waals surface area contributed by atoms with Gasteiger partial charge in [-0.1, -0.05) is 49.7 Å². The van der Waals surface area contributed by atoms with E-state index in [1.807, 2.05) is 12.1 Å². The van der Waals surface area contributed by atoms with E-state index in [0.717, 1.165) is 11.1 Å². The monoisotopic (exact) mass is 370 g/mol. The van der Waals surface area contributed by atoms with Crippen LogP contribution < -0.4 is 0 Å². The highest BCUT2D eigenvalue weighted by Gasteiger charge is 2.22. The number of carbonyl (C=O) groups is 2. The van der Waals surface area contributed by atoms with Gasteiger partial charge >= 0.3 is 18.2 Å². The van der Waals surface area contributed by atoms with E-state index >= 15 is 0 Å². The van der Waals surface area contributed by atoms with Gasteiger partial charge in [0.1, 0.15) is 0 Å². The molecule has 0 aromatic heterocycles. The van der Waals surface area contributed by atoms with Gasteiger partial charge in [0.25, 0.3) is 0 Å². The highest BCUT2D eigenvalue weighted by Crippen LogP contribution is 2.19. The molecule has 0 saturated heterocycles. The predicted octanol–water partition coefficient (Wildman–Crippen LogP) is 4.67. The van der Waals surface area contributed by atoms with Crippen molar-refractivity contribution in [2.45, 2.75) is 33.1 Å². The number of benzene rings is 2. The minimum Gasteiger partial charge on any atom is -0.289 e. The molecule has 0 fully saturated rings. The Morgan fingerprint density at radius 3 is 1.63 bits per heavy atom. The Kier molecular flexibility index (Phi) is 7.98. The smallest absolute Gasteiger partial charge is 0.289 e. The molecule has 0 amide bonds. The lowest BCUT2D eigenvalue weighted by Crippen LogP contribution is -2.17. The van der Waals surface area contributed by atoms with E-state index in [4.69, 9.17) is 19.6 Å². The fourth-order valence-corrected chi connectivity index (χ4v) is 2.23. The maximum atomic E-state index is 12.1. The summed E-state index contributed by atoms with van der Waals surface area (Å²) in [5.41, 5.74) is 2.23. The van der Waals surface area contributed by atoms with Crippen LogP contribution in [0.2, 0.25) is 0 Å². The summed E-state index contributed by atoms with van der Waals surface area (Å²) < 4.78 is 0. The zero-order chi connectivity index (χ0) is 19.6. The van der Waals surface area contributed by atoms with E-state index in [2.05, 4.69) is 6.92 Å². The summed E-state index contributed by atoms with van der Waals surface area (Å²) in [5.74, 6) is -1.34. The minimum absolute atomic E-state index is 0.137. The third kappa shape index (κ3) is 6.20. The van der Waals surface area contributed by atoms with Gasteiger partial charge in [-0.15, -0.1) is 9.78 Å². The maximum Gasteiger partial charge on any atom is 0.373 e. The van der Waals surface area contributed by atoms with Crippen LogP contribution in [-0.2, 0) is 19.6 Å². The van der Waals surface area contributed by atoms with Gasteiger partial charge in [-0.25, -0.2) is 9.59 Å². The van der Waals surface area contributed by atoms with Gasteiger partial charge in [-0.2, -0.15) is 0 Å². The van der Waals surface area contributed by atoms with Crippen LogP contribution >= 0.6 is 0 Å². The van der Waals surface area contributed by atoms with Crippen LogP contribution in [0, 0.1) is 27.1 Å². The molecule has 142 valence electrons. The first-order valence-electron chi connectivity index (χ1n) is 8.57. The molecule has 0 spiro atoms. The van der Waals surface area contributed by atoms with Gasteiger partial charge in [0.15, 0.2) is 0 Å². The van der Waals surface area contributed by atoms with Crippen LogP contribution in [0.25, 0.3) is 0 Å². The van der Waals surface area contributed by atoms with Gasteiger partial charge < -0.3 is 0 Å². The topological polar surface area (TPSA) is 71.1 Å². The van der Waals surface area contributed by atoms with E-state index < -0.39 is 11.9 Å². The summed E-state index contributed by atoms with van der Waals surface area (Å²) in [4.78, 5) is 43.8. The van der Waals surface area contributed by atoms with Crippen LogP contribution in [0.3, 0.4) is 0 Å². The van der Waals surface area contributed by atoms with Gasteiger partial charge in [-0.3, -0.25) is 9.78 Å². The van der Waals surface area contributed by atoms with E-state index in [1.165, 1.54) is 0 Å². The zero-order valence-electron chi connectivity index (χ0n) is 15.4. The maximum absolute atomic E-state index is 12.1. The van der Waals surface area contributed by atoms with E-state index in [1.54, 1.807) is 50.2 Å². The Labute approximate surface area is 158 Å². The van der Waals surface area contributed by atoms with Crippen molar-refractivity contribution in [1.29, 1.82) is 0 Å². The van der Waals surface area contributed by atoms with Crippen LogP contribution in [0.5, 0.6) is 0 Å². The van der Waals surface area contributed by atoms with Crippen molar-refractivity contribution >= 4 is 11.9 Å². The Balaban J connectivity index is 1.92. The van der Waals surface area contributed by atoms with Crippen molar-refractivity contribution < 1.29 is 29.1 Å². The molecule has 2 aromatic carbocycles. The van der Waals surface area contributed by atoms with Crippen molar-refractivity contribution in [2.75, 3.05) is 0 Å². The Morgan fingerprint density at radius 1 is 0.778 bits per heavy atom. The molecule has 0 unspecified atom stereocenters. The van der Waals surface area contributed by atoms with Gasteiger partial charge in [-0.05, 0) is 43.5 Å². The molecule has 2 rings (SSSR count). The normalized spacial score (nSPS) is 10.7. The Bertz CT molecular complexity index is 709. The van der Waals surface area contributed by atoms with Crippen molar-refractivity contribution in [3.8, 4) is 0 Å². The summed E-state index contributed by atoms with van der Waals surface area (Å²) >= 11 is 0. The summed E-state index contributed by atoms with van der Waals surface area (Å²) in [6.45, 7) is 7.29. The average Bonchev–Trinajstić information content (AvgIpc) is 2.67. The third-order valence-corrected chi connectivity index (χ3v) is 3.78. The molecular formula is C21H22O6. The quantitative estimate of drug-likeness (QED) is 0.472. The molecule has 0 atom stereocenters. The third-order valence-electron chi connectivity index (χ3n) is 3.78. The first-order chi connectivity index (χ1) is 13.0. The lowest BCUT2D eigenvalue weighted by molar-refractivity contribution is -0.363. The van der Waals surface area contributed by atoms with Gasteiger partial charge in [0, 0.05) is 6.42 Å². The van der Waals surface area contributed by atoms with E-state index in [9.17, 15) is 9.59 Å². The molecule has 0 heterocycles. The number of carbonyl (C=O) groups excluding carboxylic acids is 2. The lowest BCUT2D eigenvalue weighted by atomic mass is 10.1. The highest BCUT2D eigenvalue weighted by molar-refractivity contribution is 5.91. The standard InChI is InChI=1S/C21H22O6/c1-4-5-14-19(24-26-20(22)17-12-8-6-10-15(17)2)25-27-21(23)18-13-9-7-11-16(18)3/h6-13H,1,4-5,14H2,2-3H3. The van der Waals surface area contributed by atoms with E-state index in [-0.39, 0.29) is 12.7 Å². The van der Waals surface area contributed by atoms with Crippen molar-refractivity contribution in [1.82, 2.24) is 0 Å². The van der Waals surface area contributed by atoms with Crippen LogP contribution in [-0.4, -0.2) is 11.9 Å². The molecule has 2 aromatic rings. The first kappa shape index (κ1) is 20.6. The second-order valence-corrected chi connectivity index (χ2v) is 5.87. The lowest BCUT2D eigenvalue weighted by Gasteiger charge is -2.14. The molecule has 0 saturated carbocycles. The Hall–Kier alpha value is -2.70. The van der Waals surface area contributed by atoms with Crippen molar-refractivity contribution in [3.05, 3.63) is 84.0 Å². The van der Waals surface area contributed by atoms with Crippen LogP contribution in [0.15, 0.2) is 48.5 Å². The average molecular weight is 370 g/mol. The highest BCUT2D eigenvalue weighted by atomic mass is 17.3. The molecule has 6 nitrogen and oxygen atoms in total. The first-order valence-corrected chi connectivity index (χ1v) is 8.57. The number of aryl methyl sites for hydroxylation is 2. The van der Waals surface area contributed by atoms with Crippen molar-refractivity contribution in [3.63, 3.8) is 0 Å². The fourth-order valence-electron chi connectivity index (χ4n) is 2.23. The summed E-state index contributed by atoms with van der Waals surface area (Å²) in [6, 6.07) is 13.9. The molecule has 2 radical (unpaired) electrons. The fraction of sp³-hybridized carbons (Fsp3) is 0.238. The largest absolute Gasteiger partial charge is 0.373 e. The second-order valence-electron chi connectivity index (χ2n) is 5.87. The SMILES string of the molecule is [CH2]CCC[C](OOC(=O)c1ccccc1C)OOC(=O)c1ccccc1C. The molecule has 0 aliphatic heterocycles. The molecule has 0 aliphatic rings. The zero-order valence-corrected chi connectivity index (χ0v) is 15.4. The summed E-state index contributed by atoms with van der Waals surface area (Å²) in [7, 11) is 0. The Morgan fingerprint density at radius 2 is 1.22 bits per heavy atom.